The van der Waals surface area contributed by atoms with Crippen LogP contribution in [0, 0.1) is 6.92 Å². The molecular formula is C55H58B2N+. The molecule has 8 rings (SSSR count). The van der Waals surface area contributed by atoms with E-state index in [1.165, 1.54) is 94.1 Å². The highest BCUT2D eigenvalue weighted by molar-refractivity contribution is 7.11. The minimum absolute atomic E-state index is 0.0732. The molecule has 0 N–H and O–H groups in total. The smallest absolute Gasteiger partial charge is 0.201 e. The Bertz CT molecular complexity index is 2540. The van der Waals surface area contributed by atoms with Crippen LogP contribution in [0.15, 0.2) is 146 Å². The summed E-state index contributed by atoms with van der Waals surface area (Å²) in [5, 5.41) is 0. The topological polar surface area (TPSA) is 3.88 Å². The van der Waals surface area contributed by atoms with Crippen molar-refractivity contribution in [3.63, 3.8) is 0 Å². The highest BCUT2D eigenvalue weighted by Gasteiger charge is 2.43. The first-order chi connectivity index (χ1) is 27.9. The van der Waals surface area contributed by atoms with Crippen molar-refractivity contribution in [2.45, 2.75) is 86.0 Å². The number of hydrogen-bond donors (Lipinski definition) is 0. The number of aryl methyl sites for hydroxylation is 2. The largest absolute Gasteiger partial charge is 0.240 e. The Hall–Kier alpha value is -5.40. The second-order valence-corrected chi connectivity index (χ2v) is 18.0. The highest BCUT2D eigenvalue weighted by Crippen LogP contribution is 2.32. The Labute approximate surface area is 349 Å². The van der Waals surface area contributed by atoms with Crippen molar-refractivity contribution in [2.75, 3.05) is 0 Å². The maximum atomic E-state index is 2.59. The van der Waals surface area contributed by atoms with Crippen LogP contribution < -0.4 is 37.3 Å². The van der Waals surface area contributed by atoms with E-state index >= 15 is 0 Å². The molecule has 0 fully saturated rings. The summed E-state index contributed by atoms with van der Waals surface area (Å²) in [5.41, 5.74) is 23.5. The zero-order valence-corrected chi connectivity index (χ0v) is 36.3. The minimum atomic E-state index is 0.0732. The van der Waals surface area contributed by atoms with Crippen LogP contribution in [0.5, 0.6) is 0 Å². The van der Waals surface area contributed by atoms with Crippen LogP contribution in [0.3, 0.4) is 0 Å². The summed E-state index contributed by atoms with van der Waals surface area (Å²) in [4.78, 5) is 0. The summed E-state index contributed by atoms with van der Waals surface area (Å²) < 4.78 is 2.28. The molecule has 7 aromatic rings. The number of aromatic nitrogens is 1. The molecule has 288 valence electrons. The number of rotatable bonds is 9. The Kier molecular flexibility index (Phi) is 10.9. The highest BCUT2D eigenvalue weighted by atomic mass is 14.9. The van der Waals surface area contributed by atoms with E-state index in [1.807, 2.05) is 0 Å². The van der Waals surface area contributed by atoms with Gasteiger partial charge < -0.3 is 0 Å². The molecule has 0 saturated carbocycles. The molecule has 0 bridgehead atoms. The second kappa shape index (κ2) is 16.1. The lowest BCUT2D eigenvalue weighted by atomic mass is 9.19. The quantitative estimate of drug-likeness (QED) is 0.102. The molecular weight excluding hydrogens is 696 g/mol. The standard InChI is InChI=1S/C55H58B2N/c1-35(2)44-30-42(40-21-13-11-14-22-40)31-45(36(3)4)54(44)56-49-25-17-18-26-50(49)57(52-34-48(39(9)29-51(52)56)53-27-19-20-28-58(53)10)55-46(37(5)6)32-43(33-47(55)38(7)8)41-23-15-12-16-24-41/h11-38H,1-10H3/q+1. The summed E-state index contributed by atoms with van der Waals surface area (Å²) in [6, 6.07) is 53.2. The van der Waals surface area contributed by atoms with E-state index in [-0.39, 0.29) is 13.4 Å². The van der Waals surface area contributed by atoms with E-state index in [2.05, 4.69) is 220 Å². The van der Waals surface area contributed by atoms with Crippen LogP contribution in [-0.2, 0) is 7.05 Å². The SMILES string of the molecule is Cc1cc2c(cc1-c1cccc[n+]1C)B(c1c(C(C)C)cc(-c3ccccc3)cc1C(C)C)c1ccccc1B2c1c(C(C)C)cc(-c2ccccc2)cc1C(C)C. The van der Waals surface area contributed by atoms with Crippen LogP contribution in [0.1, 0.15) is 107 Å². The first-order valence-electron chi connectivity index (χ1n) is 21.6. The molecule has 0 atom stereocenters. The number of nitrogens with zero attached hydrogens (tertiary/aromatic N) is 1. The maximum absolute atomic E-state index is 2.59. The second-order valence-electron chi connectivity index (χ2n) is 18.0. The summed E-state index contributed by atoms with van der Waals surface area (Å²) in [7, 11) is 2.18. The zero-order valence-electron chi connectivity index (χ0n) is 36.3. The van der Waals surface area contributed by atoms with Crippen molar-refractivity contribution >= 4 is 46.2 Å². The van der Waals surface area contributed by atoms with Gasteiger partial charge in [-0.3, -0.25) is 0 Å². The van der Waals surface area contributed by atoms with Crippen molar-refractivity contribution in [3.05, 3.63) is 174 Å². The molecule has 1 aliphatic rings. The van der Waals surface area contributed by atoms with Gasteiger partial charge in [-0.1, -0.05) is 209 Å². The fourth-order valence-corrected chi connectivity index (χ4v) is 9.89. The van der Waals surface area contributed by atoms with Crippen molar-refractivity contribution in [2.24, 2.45) is 7.05 Å². The summed E-state index contributed by atoms with van der Waals surface area (Å²) >= 11 is 0. The number of benzene rings is 6. The zero-order chi connectivity index (χ0) is 40.8. The number of fused-ring (bicyclic) bond motifs is 2. The molecule has 0 amide bonds. The minimum Gasteiger partial charge on any atom is -0.201 e. The van der Waals surface area contributed by atoms with Gasteiger partial charge in [0, 0.05) is 17.7 Å². The van der Waals surface area contributed by atoms with Gasteiger partial charge in [-0.05, 0) is 86.7 Å². The van der Waals surface area contributed by atoms with E-state index < -0.39 is 0 Å². The molecule has 0 aliphatic carbocycles. The molecule has 1 nitrogen and oxygen atoms in total. The molecule has 2 heterocycles. The van der Waals surface area contributed by atoms with Crippen LogP contribution in [0.2, 0.25) is 0 Å². The third kappa shape index (κ3) is 7.08. The van der Waals surface area contributed by atoms with Crippen LogP contribution >= 0.6 is 0 Å². The van der Waals surface area contributed by atoms with Crippen LogP contribution in [-0.4, -0.2) is 13.4 Å². The Balaban J connectivity index is 1.49. The number of pyridine rings is 1. The lowest BCUT2D eigenvalue weighted by Crippen LogP contribution is -2.76. The predicted molar refractivity (Wildman–Crippen MR) is 254 cm³/mol. The summed E-state index contributed by atoms with van der Waals surface area (Å²) in [6.45, 7) is 21.6. The molecule has 0 saturated heterocycles. The summed E-state index contributed by atoms with van der Waals surface area (Å²) in [6.07, 6.45) is 2.18. The molecule has 3 heteroatoms. The van der Waals surface area contributed by atoms with Gasteiger partial charge in [-0.25, -0.2) is 4.57 Å². The van der Waals surface area contributed by atoms with E-state index in [0.29, 0.717) is 23.7 Å². The lowest BCUT2D eigenvalue weighted by Gasteiger charge is -2.37. The lowest BCUT2D eigenvalue weighted by molar-refractivity contribution is -0.660. The van der Waals surface area contributed by atoms with E-state index in [9.17, 15) is 0 Å². The van der Waals surface area contributed by atoms with Gasteiger partial charge in [0.05, 0.1) is 0 Å². The molecule has 1 aromatic heterocycles. The normalized spacial score (nSPS) is 12.5. The molecule has 0 radical (unpaired) electrons. The average molecular weight is 755 g/mol. The first kappa shape index (κ1) is 39.4. The molecule has 0 spiro atoms. The van der Waals surface area contributed by atoms with Gasteiger partial charge in [-0.2, -0.15) is 0 Å². The van der Waals surface area contributed by atoms with Gasteiger partial charge in [-0.15, -0.1) is 0 Å². The Morgan fingerprint density at radius 3 is 1.17 bits per heavy atom. The van der Waals surface area contributed by atoms with E-state index in [1.54, 1.807) is 0 Å². The fourth-order valence-electron chi connectivity index (χ4n) is 9.89. The first-order valence-corrected chi connectivity index (χ1v) is 21.6. The molecule has 6 aromatic carbocycles. The number of hydrogen-bond acceptors (Lipinski definition) is 0. The van der Waals surface area contributed by atoms with Gasteiger partial charge in [0.1, 0.15) is 7.05 Å². The summed E-state index contributed by atoms with van der Waals surface area (Å²) in [5.74, 6) is 1.37. The van der Waals surface area contributed by atoms with Crippen molar-refractivity contribution < 1.29 is 4.57 Å². The maximum Gasteiger partial charge on any atom is 0.240 e. The van der Waals surface area contributed by atoms with Crippen molar-refractivity contribution in [1.29, 1.82) is 0 Å². The molecule has 1 aliphatic heterocycles. The monoisotopic (exact) mass is 754 g/mol. The van der Waals surface area contributed by atoms with Gasteiger partial charge >= 0.3 is 0 Å². The average Bonchev–Trinajstić information content (AvgIpc) is 3.22. The van der Waals surface area contributed by atoms with Gasteiger partial charge in [0.15, 0.2) is 6.20 Å². The van der Waals surface area contributed by atoms with E-state index in [0.717, 1.165) is 0 Å². The van der Waals surface area contributed by atoms with Gasteiger partial charge in [0.25, 0.3) is 0 Å². The molecule has 58 heavy (non-hydrogen) atoms. The third-order valence-electron chi connectivity index (χ3n) is 12.8. The van der Waals surface area contributed by atoms with Crippen LogP contribution in [0.4, 0.5) is 0 Å². The van der Waals surface area contributed by atoms with Crippen molar-refractivity contribution in [3.8, 4) is 33.5 Å². The van der Waals surface area contributed by atoms with Crippen LogP contribution in [0.25, 0.3) is 33.5 Å². The predicted octanol–water partition coefficient (Wildman–Crippen LogP) is 9.66. The van der Waals surface area contributed by atoms with E-state index in [4.69, 9.17) is 0 Å². The Morgan fingerprint density at radius 2 is 0.776 bits per heavy atom. The Morgan fingerprint density at radius 1 is 0.397 bits per heavy atom. The van der Waals surface area contributed by atoms with Gasteiger partial charge in [0.2, 0.25) is 19.1 Å². The molecule has 0 unspecified atom stereocenters. The third-order valence-corrected chi connectivity index (χ3v) is 12.8. The van der Waals surface area contributed by atoms with Crippen molar-refractivity contribution in [1.82, 2.24) is 0 Å². The fraction of sp³-hybridized carbons (Fsp3) is 0.255.